The summed E-state index contributed by atoms with van der Waals surface area (Å²) in [6, 6.07) is 10.7. The minimum atomic E-state index is -0.527. The topological polar surface area (TPSA) is 86.1 Å². The molecule has 0 spiro atoms. The average molecular weight is 475 g/mol. The zero-order valence-corrected chi connectivity index (χ0v) is 18.8. The number of nitrogens with zero attached hydrogens (tertiary/aromatic N) is 3. The summed E-state index contributed by atoms with van der Waals surface area (Å²) in [5.41, 5.74) is 1.17. The van der Waals surface area contributed by atoms with Crippen molar-refractivity contribution >= 4 is 40.7 Å². The standard InChI is InChI=1S/C22H20ClFN4O3S/c1-3-10-28-20(12-31-17-8-9-19(24)18(23)11-17)26-27-22(28)32-13-21(30)25-16-6-4-15(5-7-16)14(2)29/h3-9,11H,1,10,12-13H2,2H3,(H,25,30). The molecule has 1 aromatic heterocycles. The summed E-state index contributed by atoms with van der Waals surface area (Å²) in [5, 5.41) is 11.5. The second-order valence-electron chi connectivity index (χ2n) is 6.63. The number of carbonyl (C=O) groups excluding carboxylic acids is 2. The number of benzene rings is 2. The predicted octanol–water partition coefficient (Wildman–Crippen LogP) is 4.77. The van der Waals surface area contributed by atoms with Crippen molar-refractivity contribution in [3.05, 3.63) is 77.3 Å². The van der Waals surface area contributed by atoms with Gasteiger partial charge in [-0.2, -0.15) is 0 Å². The van der Waals surface area contributed by atoms with Crippen LogP contribution < -0.4 is 10.1 Å². The van der Waals surface area contributed by atoms with Crippen LogP contribution in [0.25, 0.3) is 0 Å². The van der Waals surface area contributed by atoms with Crippen LogP contribution in [0.1, 0.15) is 23.1 Å². The van der Waals surface area contributed by atoms with Crippen LogP contribution in [0, 0.1) is 5.82 Å². The van der Waals surface area contributed by atoms with E-state index in [1.54, 1.807) is 34.9 Å². The fourth-order valence-electron chi connectivity index (χ4n) is 2.67. The van der Waals surface area contributed by atoms with Gasteiger partial charge in [0.1, 0.15) is 18.2 Å². The van der Waals surface area contributed by atoms with Crippen LogP contribution in [-0.4, -0.2) is 32.2 Å². The number of aromatic nitrogens is 3. The molecule has 0 radical (unpaired) electrons. The Bertz CT molecular complexity index is 1130. The molecule has 0 aliphatic rings. The SMILES string of the molecule is C=CCn1c(COc2ccc(F)c(Cl)c2)nnc1SCC(=O)Nc1ccc(C(C)=O)cc1. The number of thioether (sulfide) groups is 1. The Morgan fingerprint density at radius 2 is 2.00 bits per heavy atom. The Morgan fingerprint density at radius 3 is 2.66 bits per heavy atom. The first-order chi connectivity index (χ1) is 15.4. The van der Waals surface area contributed by atoms with Gasteiger partial charge in [0, 0.05) is 23.9 Å². The normalized spacial score (nSPS) is 10.6. The molecular weight excluding hydrogens is 455 g/mol. The molecule has 3 rings (SSSR count). The number of hydrogen-bond donors (Lipinski definition) is 1. The van der Waals surface area contributed by atoms with Gasteiger partial charge >= 0.3 is 0 Å². The van der Waals surface area contributed by atoms with E-state index in [0.29, 0.717) is 34.5 Å². The van der Waals surface area contributed by atoms with Gasteiger partial charge < -0.3 is 10.1 Å². The lowest BCUT2D eigenvalue weighted by atomic mass is 10.1. The number of ether oxygens (including phenoxy) is 1. The monoisotopic (exact) mass is 474 g/mol. The lowest BCUT2D eigenvalue weighted by Crippen LogP contribution is -2.15. The van der Waals surface area contributed by atoms with Gasteiger partial charge in [-0.3, -0.25) is 14.2 Å². The van der Waals surface area contributed by atoms with E-state index >= 15 is 0 Å². The minimum Gasteiger partial charge on any atom is -0.486 e. The molecule has 0 unspecified atom stereocenters. The maximum absolute atomic E-state index is 13.3. The maximum atomic E-state index is 13.3. The van der Waals surface area contributed by atoms with Crippen molar-refractivity contribution in [1.29, 1.82) is 0 Å². The van der Waals surface area contributed by atoms with Crippen molar-refractivity contribution in [1.82, 2.24) is 14.8 Å². The van der Waals surface area contributed by atoms with Crippen LogP contribution in [0.15, 0.2) is 60.3 Å². The Morgan fingerprint density at radius 1 is 1.25 bits per heavy atom. The van der Waals surface area contributed by atoms with Crippen LogP contribution in [0.5, 0.6) is 5.75 Å². The second kappa shape index (κ2) is 10.9. The molecule has 3 aromatic rings. The number of anilines is 1. The third-order valence-electron chi connectivity index (χ3n) is 4.27. The van der Waals surface area contributed by atoms with Crippen molar-refractivity contribution in [3.8, 4) is 5.75 Å². The van der Waals surface area contributed by atoms with Crippen LogP contribution in [0.4, 0.5) is 10.1 Å². The van der Waals surface area contributed by atoms with Crippen LogP contribution >= 0.6 is 23.4 Å². The molecule has 0 atom stereocenters. The average Bonchev–Trinajstić information content (AvgIpc) is 3.15. The number of halogens is 2. The maximum Gasteiger partial charge on any atom is 0.234 e. The summed E-state index contributed by atoms with van der Waals surface area (Å²) in [6.07, 6.45) is 1.68. The van der Waals surface area contributed by atoms with E-state index in [0.717, 1.165) is 0 Å². The van der Waals surface area contributed by atoms with E-state index in [4.69, 9.17) is 16.3 Å². The number of hydrogen-bond acceptors (Lipinski definition) is 6. The molecule has 0 fully saturated rings. The van der Waals surface area contributed by atoms with Crippen molar-refractivity contribution in [3.63, 3.8) is 0 Å². The van der Waals surface area contributed by atoms with E-state index in [1.165, 1.54) is 36.9 Å². The summed E-state index contributed by atoms with van der Waals surface area (Å²) in [7, 11) is 0. The van der Waals surface area contributed by atoms with E-state index in [9.17, 15) is 14.0 Å². The summed E-state index contributed by atoms with van der Waals surface area (Å²) in [5.74, 6) is 0.236. The Kier molecular flexibility index (Phi) is 8.02. The van der Waals surface area contributed by atoms with Gasteiger partial charge in [0.15, 0.2) is 16.8 Å². The molecule has 0 saturated heterocycles. The third-order valence-corrected chi connectivity index (χ3v) is 5.53. The van der Waals surface area contributed by atoms with Gasteiger partial charge in [-0.15, -0.1) is 16.8 Å². The molecule has 0 saturated carbocycles. The highest BCUT2D eigenvalue weighted by Crippen LogP contribution is 2.23. The number of Topliss-reactive ketones (excluding diaryl/α,β-unsaturated/α-hetero) is 1. The molecule has 10 heteroatoms. The fourth-order valence-corrected chi connectivity index (χ4v) is 3.61. The van der Waals surface area contributed by atoms with Crippen molar-refractivity contribution in [2.45, 2.75) is 25.2 Å². The van der Waals surface area contributed by atoms with E-state index < -0.39 is 5.82 Å². The number of amides is 1. The van der Waals surface area contributed by atoms with Crippen LogP contribution in [0.2, 0.25) is 5.02 Å². The quantitative estimate of drug-likeness (QED) is 0.259. The Labute approximate surface area is 193 Å². The summed E-state index contributed by atoms with van der Waals surface area (Å²) in [4.78, 5) is 23.6. The van der Waals surface area contributed by atoms with Crippen LogP contribution in [-0.2, 0) is 17.9 Å². The number of carbonyl (C=O) groups is 2. The molecule has 1 heterocycles. The lowest BCUT2D eigenvalue weighted by molar-refractivity contribution is -0.113. The number of nitrogens with one attached hydrogen (secondary N) is 1. The van der Waals surface area contributed by atoms with Gasteiger partial charge in [-0.25, -0.2) is 4.39 Å². The van der Waals surface area contributed by atoms with Crippen molar-refractivity contribution in [2.75, 3.05) is 11.1 Å². The highest BCUT2D eigenvalue weighted by atomic mass is 35.5. The molecule has 1 amide bonds. The molecular formula is C22H20ClFN4O3S. The van der Waals surface area contributed by atoms with Gasteiger partial charge in [-0.1, -0.05) is 29.4 Å². The first-order valence-corrected chi connectivity index (χ1v) is 10.9. The summed E-state index contributed by atoms with van der Waals surface area (Å²) < 4.78 is 20.7. The van der Waals surface area contributed by atoms with Gasteiger partial charge in [0.05, 0.1) is 10.8 Å². The zero-order valence-electron chi connectivity index (χ0n) is 17.2. The minimum absolute atomic E-state index is 0.0340. The third kappa shape index (κ3) is 6.18. The van der Waals surface area contributed by atoms with E-state index in [2.05, 4.69) is 22.1 Å². The number of ketones is 1. The molecule has 32 heavy (non-hydrogen) atoms. The highest BCUT2D eigenvalue weighted by Gasteiger charge is 2.15. The van der Waals surface area contributed by atoms with E-state index in [-0.39, 0.29) is 29.1 Å². The van der Waals surface area contributed by atoms with Crippen molar-refractivity contribution in [2.24, 2.45) is 0 Å². The zero-order chi connectivity index (χ0) is 23.1. The first-order valence-electron chi connectivity index (χ1n) is 9.52. The summed E-state index contributed by atoms with van der Waals surface area (Å²) in [6.45, 7) is 5.73. The second-order valence-corrected chi connectivity index (χ2v) is 7.98. The Balaban J connectivity index is 1.60. The number of rotatable bonds is 10. The Hall–Kier alpha value is -3.17. The van der Waals surface area contributed by atoms with Gasteiger partial charge in [-0.05, 0) is 43.3 Å². The predicted molar refractivity (Wildman–Crippen MR) is 122 cm³/mol. The molecule has 7 nitrogen and oxygen atoms in total. The molecule has 2 aromatic carbocycles. The van der Waals surface area contributed by atoms with Gasteiger partial charge in [0.25, 0.3) is 0 Å². The van der Waals surface area contributed by atoms with E-state index in [1.807, 2.05) is 0 Å². The van der Waals surface area contributed by atoms with Crippen LogP contribution in [0.3, 0.4) is 0 Å². The van der Waals surface area contributed by atoms with Crippen molar-refractivity contribution < 1.29 is 18.7 Å². The molecule has 0 aliphatic carbocycles. The fraction of sp³-hybridized carbons (Fsp3) is 0.182. The largest absolute Gasteiger partial charge is 0.486 e. The highest BCUT2D eigenvalue weighted by molar-refractivity contribution is 7.99. The van der Waals surface area contributed by atoms with Gasteiger partial charge in [0.2, 0.25) is 5.91 Å². The molecule has 1 N–H and O–H groups in total. The lowest BCUT2D eigenvalue weighted by Gasteiger charge is -2.10. The summed E-state index contributed by atoms with van der Waals surface area (Å²) >= 11 is 6.99. The first kappa shape index (κ1) is 23.5. The molecule has 166 valence electrons. The smallest absolute Gasteiger partial charge is 0.234 e. The molecule has 0 aliphatic heterocycles. The number of allylic oxidation sites excluding steroid dienone is 1. The molecule has 0 bridgehead atoms.